The highest BCUT2D eigenvalue weighted by molar-refractivity contribution is 5.85. The van der Waals surface area contributed by atoms with Gasteiger partial charge in [0.1, 0.15) is 6.04 Å². The number of esters is 1. The third kappa shape index (κ3) is 3.55. The summed E-state index contributed by atoms with van der Waals surface area (Å²) in [6.45, 7) is 1.11. The summed E-state index contributed by atoms with van der Waals surface area (Å²) >= 11 is 0. The number of rotatable bonds is 5. The van der Waals surface area contributed by atoms with Gasteiger partial charge in [-0.25, -0.2) is 4.79 Å². The number of methoxy groups -OCH3 is 1. The van der Waals surface area contributed by atoms with Gasteiger partial charge in [-0.2, -0.15) is 14.0 Å². The molecule has 0 amide bonds. The summed E-state index contributed by atoms with van der Waals surface area (Å²) < 4.78 is 36.9. The summed E-state index contributed by atoms with van der Waals surface area (Å²) in [5.41, 5.74) is 4.53. The van der Waals surface area contributed by atoms with Gasteiger partial charge in [0, 0.05) is 5.56 Å². The van der Waals surface area contributed by atoms with Gasteiger partial charge in [-0.15, -0.1) is 12.4 Å². The van der Waals surface area contributed by atoms with Crippen molar-refractivity contribution in [1.29, 1.82) is 5.26 Å². The van der Waals surface area contributed by atoms with E-state index in [0.717, 1.165) is 6.07 Å². The summed E-state index contributed by atoms with van der Waals surface area (Å²) in [5.74, 6) is -6.79. The second kappa shape index (κ2) is 7.77. The zero-order valence-corrected chi connectivity index (χ0v) is 12.6. The van der Waals surface area contributed by atoms with Crippen molar-refractivity contribution in [3.05, 3.63) is 23.3 Å². The van der Waals surface area contributed by atoms with Gasteiger partial charge < -0.3 is 20.3 Å². The van der Waals surface area contributed by atoms with Crippen molar-refractivity contribution in [3.8, 4) is 17.6 Å². The molecule has 1 aromatic carbocycles. The third-order valence-corrected chi connectivity index (χ3v) is 2.77. The largest absolute Gasteiger partial charge is 0.504 e. The second-order valence-corrected chi connectivity index (χ2v) is 4.01. The summed E-state index contributed by atoms with van der Waals surface area (Å²) in [6, 6.07) is 1.77. The SMILES string of the molecule is CCOC(=O)C(F)(F)[C@H](N)c1c(C#N)ccc(OC)c1O.Cl. The van der Waals surface area contributed by atoms with Crippen LogP contribution in [-0.2, 0) is 9.53 Å². The fraction of sp³-hybridized carbons (Fsp3) is 0.385. The molecule has 1 aromatic rings. The zero-order valence-electron chi connectivity index (χ0n) is 11.8. The molecule has 0 saturated carbocycles. The van der Waals surface area contributed by atoms with Crippen LogP contribution < -0.4 is 10.5 Å². The van der Waals surface area contributed by atoms with Gasteiger partial charge in [0.15, 0.2) is 11.5 Å². The Morgan fingerprint density at radius 1 is 1.55 bits per heavy atom. The maximum atomic E-state index is 14.0. The summed E-state index contributed by atoms with van der Waals surface area (Å²) in [7, 11) is 1.21. The van der Waals surface area contributed by atoms with E-state index in [0.29, 0.717) is 0 Å². The minimum absolute atomic E-state index is 0. The Kier molecular flexibility index (Phi) is 7.03. The lowest BCUT2D eigenvalue weighted by Gasteiger charge is -2.23. The number of nitriles is 1. The summed E-state index contributed by atoms with van der Waals surface area (Å²) in [5, 5.41) is 18.8. The minimum Gasteiger partial charge on any atom is -0.504 e. The zero-order chi connectivity index (χ0) is 16.2. The molecule has 0 spiro atoms. The van der Waals surface area contributed by atoms with Crippen LogP contribution in [0.5, 0.6) is 11.5 Å². The normalized spacial score (nSPS) is 11.8. The number of halogens is 3. The number of carbonyl (C=O) groups excluding carboxylic acids is 1. The van der Waals surface area contributed by atoms with Crippen LogP contribution in [0.4, 0.5) is 8.78 Å². The molecule has 122 valence electrons. The molecule has 0 aliphatic carbocycles. The Balaban J connectivity index is 0.00000441. The van der Waals surface area contributed by atoms with Crippen LogP contribution in [0.3, 0.4) is 0 Å². The molecule has 6 nitrogen and oxygen atoms in total. The molecule has 22 heavy (non-hydrogen) atoms. The molecule has 0 fully saturated rings. The number of hydrogen-bond acceptors (Lipinski definition) is 6. The standard InChI is InChI=1S/C13H14F2N2O4.ClH/c1-3-21-12(19)13(14,15)11(17)9-7(6-16)4-5-8(20-2)10(9)18;/h4-5,11,18H,3,17H2,1-2H3;1H/t11-;/m1./s1. The van der Waals surface area contributed by atoms with E-state index in [1.807, 2.05) is 0 Å². The van der Waals surface area contributed by atoms with E-state index in [1.54, 1.807) is 6.07 Å². The van der Waals surface area contributed by atoms with E-state index in [1.165, 1.54) is 20.1 Å². The smallest absolute Gasteiger partial charge is 0.379 e. The monoisotopic (exact) mass is 336 g/mol. The number of phenolic OH excluding ortho intramolecular Hbond substituents is 1. The van der Waals surface area contributed by atoms with Crippen LogP contribution in [-0.4, -0.2) is 30.7 Å². The van der Waals surface area contributed by atoms with Crippen molar-refractivity contribution >= 4 is 18.4 Å². The number of benzene rings is 1. The van der Waals surface area contributed by atoms with Crippen LogP contribution in [0.15, 0.2) is 12.1 Å². The Bertz CT molecular complexity index is 590. The average molecular weight is 337 g/mol. The molecule has 0 aliphatic rings. The Morgan fingerprint density at radius 3 is 2.59 bits per heavy atom. The van der Waals surface area contributed by atoms with E-state index in [2.05, 4.69) is 4.74 Å². The first kappa shape index (κ1) is 19.9. The van der Waals surface area contributed by atoms with E-state index in [9.17, 15) is 18.7 Å². The first-order chi connectivity index (χ1) is 9.81. The van der Waals surface area contributed by atoms with E-state index < -0.39 is 29.2 Å². The van der Waals surface area contributed by atoms with Gasteiger partial charge in [-0.3, -0.25) is 0 Å². The maximum absolute atomic E-state index is 14.0. The highest BCUT2D eigenvalue weighted by Gasteiger charge is 2.49. The van der Waals surface area contributed by atoms with Gasteiger partial charge >= 0.3 is 11.9 Å². The number of hydrogen-bond donors (Lipinski definition) is 2. The molecule has 0 aliphatic heterocycles. The highest BCUT2D eigenvalue weighted by atomic mass is 35.5. The summed E-state index contributed by atoms with van der Waals surface area (Å²) in [6.07, 6.45) is 0. The third-order valence-electron chi connectivity index (χ3n) is 2.77. The molecule has 0 unspecified atom stereocenters. The average Bonchev–Trinajstić information content (AvgIpc) is 2.46. The predicted molar refractivity (Wildman–Crippen MR) is 75.1 cm³/mol. The van der Waals surface area contributed by atoms with Crippen LogP contribution >= 0.6 is 12.4 Å². The highest BCUT2D eigenvalue weighted by Crippen LogP contribution is 2.41. The van der Waals surface area contributed by atoms with Crippen LogP contribution in [0, 0.1) is 11.3 Å². The summed E-state index contributed by atoms with van der Waals surface area (Å²) in [4.78, 5) is 11.3. The topological polar surface area (TPSA) is 106 Å². The number of alkyl halides is 2. The molecule has 1 atom stereocenters. The number of nitrogens with two attached hydrogens (primary N) is 1. The Hall–Kier alpha value is -2.11. The second-order valence-electron chi connectivity index (χ2n) is 4.01. The molecule has 0 saturated heterocycles. The van der Waals surface area contributed by atoms with Crippen molar-refractivity contribution in [2.75, 3.05) is 13.7 Å². The first-order valence-electron chi connectivity index (χ1n) is 5.91. The molecular formula is C13H15ClF2N2O4. The number of nitrogens with zero attached hydrogens (tertiary/aromatic N) is 1. The van der Waals surface area contributed by atoms with Crippen LogP contribution in [0.2, 0.25) is 0 Å². The number of ether oxygens (including phenoxy) is 2. The molecular weight excluding hydrogens is 322 g/mol. The number of aromatic hydroxyl groups is 1. The molecule has 0 aromatic heterocycles. The van der Waals surface area contributed by atoms with Crippen molar-refractivity contribution in [1.82, 2.24) is 0 Å². The number of carbonyl (C=O) groups is 1. The quantitative estimate of drug-likeness (QED) is 0.795. The molecule has 0 radical (unpaired) electrons. The van der Waals surface area contributed by atoms with Gasteiger partial charge in [0.2, 0.25) is 0 Å². The lowest BCUT2D eigenvalue weighted by molar-refractivity contribution is -0.174. The fourth-order valence-corrected chi connectivity index (χ4v) is 1.70. The first-order valence-corrected chi connectivity index (χ1v) is 5.91. The van der Waals surface area contributed by atoms with Crippen molar-refractivity contribution in [2.45, 2.75) is 18.9 Å². The van der Waals surface area contributed by atoms with Crippen molar-refractivity contribution in [3.63, 3.8) is 0 Å². The lowest BCUT2D eigenvalue weighted by atomic mass is 9.95. The van der Waals surface area contributed by atoms with Crippen LogP contribution in [0.25, 0.3) is 0 Å². The van der Waals surface area contributed by atoms with E-state index >= 15 is 0 Å². The molecule has 1 rings (SSSR count). The lowest BCUT2D eigenvalue weighted by Crippen LogP contribution is -2.42. The van der Waals surface area contributed by atoms with Gasteiger partial charge in [-0.1, -0.05) is 0 Å². The molecule has 3 N–H and O–H groups in total. The Morgan fingerprint density at radius 2 is 2.14 bits per heavy atom. The van der Waals surface area contributed by atoms with Gasteiger partial charge in [0.05, 0.1) is 25.3 Å². The molecule has 0 heterocycles. The van der Waals surface area contributed by atoms with Crippen molar-refractivity contribution < 1.29 is 28.2 Å². The van der Waals surface area contributed by atoms with E-state index in [4.69, 9.17) is 15.7 Å². The Labute approximate surface area is 131 Å². The predicted octanol–water partition coefficient (Wildman–Crippen LogP) is 1.89. The van der Waals surface area contributed by atoms with Gasteiger partial charge in [0.25, 0.3) is 0 Å². The molecule has 9 heteroatoms. The fourth-order valence-electron chi connectivity index (χ4n) is 1.70. The van der Waals surface area contributed by atoms with E-state index in [-0.39, 0.29) is 30.3 Å². The number of phenols is 1. The van der Waals surface area contributed by atoms with Crippen LogP contribution in [0.1, 0.15) is 24.1 Å². The molecule has 0 bridgehead atoms. The maximum Gasteiger partial charge on any atom is 0.379 e. The van der Waals surface area contributed by atoms with Crippen molar-refractivity contribution in [2.24, 2.45) is 5.73 Å². The minimum atomic E-state index is -4.11. The van der Waals surface area contributed by atoms with Gasteiger partial charge in [-0.05, 0) is 19.1 Å².